The van der Waals surface area contributed by atoms with Gasteiger partial charge in [0.1, 0.15) is 0 Å². The summed E-state index contributed by atoms with van der Waals surface area (Å²) in [7, 11) is 0. The zero-order valence-corrected chi connectivity index (χ0v) is 14.6. The van der Waals surface area contributed by atoms with Crippen LogP contribution in [0.15, 0.2) is 28.7 Å². The Morgan fingerprint density at radius 2 is 2.00 bits per heavy atom. The lowest BCUT2D eigenvalue weighted by Gasteiger charge is -2.43. The van der Waals surface area contributed by atoms with Gasteiger partial charge in [0, 0.05) is 35.9 Å². The molecule has 3 nitrogen and oxygen atoms in total. The maximum absolute atomic E-state index is 6.48. The number of rotatable bonds is 4. The summed E-state index contributed by atoms with van der Waals surface area (Å²) in [5.41, 5.74) is 3.57. The summed E-state index contributed by atoms with van der Waals surface area (Å²) in [5.74, 6) is 0. The van der Waals surface area contributed by atoms with E-state index in [1.807, 2.05) is 11.6 Å². The number of aryl methyl sites for hydroxylation is 2. The Morgan fingerprint density at radius 1 is 1.33 bits per heavy atom. The second kappa shape index (κ2) is 5.75. The van der Waals surface area contributed by atoms with E-state index >= 15 is 0 Å². The van der Waals surface area contributed by atoms with Gasteiger partial charge in [-0.3, -0.25) is 4.68 Å². The molecule has 0 atom stereocenters. The summed E-state index contributed by atoms with van der Waals surface area (Å²) in [6, 6.07) is 8.63. The molecule has 0 radical (unpaired) electrons. The molecule has 2 heterocycles. The van der Waals surface area contributed by atoms with Crippen LogP contribution in [0.25, 0.3) is 0 Å². The smallest absolute Gasteiger partial charge is 0.0847 e. The van der Waals surface area contributed by atoms with Gasteiger partial charge in [-0.25, -0.2) is 0 Å². The Balaban J connectivity index is 1.96. The number of aromatic nitrogens is 2. The Bertz CT molecular complexity index is 644. The van der Waals surface area contributed by atoms with E-state index in [1.165, 1.54) is 5.56 Å². The highest BCUT2D eigenvalue weighted by Crippen LogP contribution is 2.35. The molecule has 1 saturated heterocycles. The second-order valence-electron chi connectivity index (χ2n) is 5.73. The van der Waals surface area contributed by atoms with E-state index in [9.17, 15) is 0 Å². The largest absolute Gasteiger partial charge is 0.315 e. The summed E-state index contributed by atoms with van der Waals surface area (Å²) in [6.45, 7) is 6.91. The van der Waals surface area contributed by atoms with Crippen molar-refractivity contribution in [3.05, 3.63) is 50.7 Å². The molecule has 1 aliphatic rings. The predicted octanol–water partition coefficient (Wildman–Crippen LogP) is 3.71. The predicted molar refractivity (Wildman–Crippen MR) is 90.0 cm³/mol. The molecule has 2 aromatic rings. The van der Waals surface area contributed by atoms with E-state index in [0.29, 0.717) is 0 Å². The van der Waals surface area contributed by atoms with Gasteiger partial charge in [-0.2, -0.15) is 5.10 Å². The molecule has 1 aromatic heterocycles. The maximum atomic E-state index is 6.48. The molecule has 0 bridgehead atoms. The van der Waals surface area contributed by atoms with E-state index in [0.717, 1.165) is 46.9 Å². The van der Waals surface area contributed by atoms with Crippen molar-refractivity contribution in [2.75, 3.05) is 13.1 Å². The molecule has 0 unspecified atom stereocenters. The summed E-state index contributed by atoms with van der Waals surface area (Å²) < 4.78 is 3.15. The molecule has 1 aromatic carbocycles. The first-order valence-electron chi connectivity index (χ1n) is 7.24. The number of halogens is 2. The maximum Gasteiger partial charge on any atom is 0.0847 e. The van der Waals surface area contributed by atoms with Crippen LogP contribution >= 0.6 is 27.5 Å². The highest BCUT2D eigenvalue weighted by Gasteiger charge is 2.40. The molecule has 0 aliphatic carbocycles. The van der Waals surface area contributed by atoms with Crippen molar-refractivity contribution in [3.8, 4) is 0 Å². The van der Waals surface area contributed by atoms with Crippen molar-refractivity contribution in [3.63, 3.8) is 0 Å². The van der Waals surface area contributed by atoms with Crippen LogP contribution in [0.2, 0.25) is 5.02 Å². The monoisotopic (exact) mass is 367 g/mol. The number of nitrogens with zero attached hydrogens (tertiary/aromatic N) is 2. The molecule has 1 aliphatic heterocycles. The Morgan fingerprint density at radius 3 is 2.52 bits per heavy atom. The minimum absolute atomic E-state index is 0.129. The molecule has 0 amide bonds. The summed E-state index contributed by atoms with van der Waals surface area (Å²) in [6.07, 6.45) is 0.926. The van der Waals surface area contributed by atoms with E-state index in [2.05, 4.69) is 57.5 Å². The normalized spacial score (nSPS) is 16.8. The molecular formula is C16H19BrClN3. The van der Waals surface area contributed by atoms with Crippen LogP contribution in [0.5, 0.6) is 0 Å². The molecule has 3 rings (SSSR count). The van der Waals surface area contributed by atoms with Crippen molar-refractivity contribution in [1.29, 1.82) is 0 Å². The Labute approximate surface area is 138 Å². The van der Waals surface area contributed by atoms with Gasteiger partial charge in [0.2, 0.25) is 0 Å². The van der Waals surface area contributed by atoms with Gasteiger partial charge in [-0.1, -0.05) is 39.7 Å². The lowest BCUT2D eigenvalue weighted by atomic mass is 9.72. The third-order valence-electron chi connectivity index (χ3n) is 4.34. The Kier molecular flexibility index (Phi) is 4.12. The van der Waals surface area contributed by atoms with E-state index in [1.54, 1.807) is 0 Å². The average molecular weight is 369 g/mol. The van der Waals surface area contributed by atoms with Gasteiger partial charge < -0.3 is 5.32 Å². The zero-order valence-electron chi connectivity index (χ0n) is 12.3. The number of hydrogen-bond donors (Lipinski definition) is 1. The lowest BCUT2D eigenvalue weighted by Crippen LogP contribution is -2.58. The van der Waals surface area contributed by atoms with Crippen LogP contribution in [0.1, 0.15) is 23.9 Å². The minimum Gasteiger partial charge on any atom is -0.315 e. The minimum atomic E-state index is 0.129. The zero-order chi connectivity index (χ0) is 15.0. The summed E-state index contributed by atoms with van der Waals surface area (Å²) >= 11 is 9.99. The average Bonchev–Trinajstić information content (AvgIpc) is 2.71. The fourth-order valence-electron chi connectivity index (χ4n) is 3.02. The highest BCUT2D eigenvalue weighted by molar-refractivity contribution is 9.10. The quantitative estimate of drug-likeness (QED) is 0.891. The van der Waals surface area contributed by atoms with E-state index < -0.39 is 0 Å². The van der Waals surface area contributed by atoms with Crippen molar-refractivity contribution in [2.24, 2.45) is 0 Å². The molecule has 0 saturated carbocycles. The van der Waals surface area contributed by atoms with Crippen LogP contribution in [-0.2, 0) is 18.4 Å². The van der Waals surface area contributed by atoms with Crippen molar-refractivity contribution in [2.45, 2.75) is 32.2 Å². The lowest BCUT2D eigenvalue weighted by molar-refractivity contribution is 0.269. The van der Waals surface area contributed by atoms with Gasteiger partial charge in [0.15, 0.2) is 0 Å². The van der Waals surface area contributed by atoms with Crippen LogP contribution in [0.4, 0.5) is 0 Å². The Hall–Kier alpha value is -0.840. The second-order valence-corrected chi connectivity index (χ2v) is 7.02. The number of benzene rings is 1. The van der Waals surface area contributed by atoms with Crippen LogP contribution in [0, 0.1) is 6.92 Å². The van der Waals surface area contributed by atoms with Crippen LogP contribution < -0.4 is 5.32 Å². The first-order chi connectivity index (χ1) is 10.1. The fourth-order valence-corrected chi connectivity index (χ4v) is 3.49. The number of nitrogens with one attached hydrogen (secondary N) is 1. The van der Waals surface area contributed by atoms with Crippen LogP contribution in [-0.4, -0.2) is 22.9 Å². The van der Waals surface area contributed by atoms with E-state index in [-0.39, 0.29) is 5.41 Å². The molecule has 1 N–H and O–H groups in total. The molecule has 1 fully saturated rings. The first-order valence-corrected chi connectivity index (χ1v) is 8.41. The third kappa shape index (κ3) is 2.65. The fraction of sp³-hybridized carbons (Fsp3) is 0.438. The standard InChI is InChI=1S/C16H19BrClN3/c1-3-21-14(15(18)11(2)20-21)8-16(9-19-10-16)12-4-6-13(17)7-5-12/h4-7,19H,3,8-10H2,1-2H3. The van der Waals surface area contributed by atoms with Crippen molar-refractivity contribution in [1.82, 2.24) is 15.1 Å². The van der Waals surface area contributed by atoms with Gasteiger partial charge >= 0.3 is 0 Å². The van der Waals surface area contributed by atoms with Crippen LogP contribution in [0.3, 0.4) is 0 Å². The number of hydrogen-bond acceptors (Lipinski definition) is 2. The van der Waals surface area contributed by atoms with Gasteiger partial charge in [0.25, 0.3) is 0 Å². The van der Waals surface area contributed by atoms with Gasteiger partial charge in [-0.15, -0.1) is 0 Å². The molecule has 0 spiro atoms. The van der Waals surface area contributed by atoms with Crippen molar-refractivity contribution >= 4 is 27.5 Å². The summed E-state index contributed by atoms with van der Waals surface area (Å²) in [4.78, 5) is 0. The first kappa shape index (κ1) is 15.1. The summed E-state index contributed by atoms with van der Waals surface area (Å²) in [5, 5.41) is 8.77. The SMILES string of the molecule is CCn1nc(C)c(Cl)c1CC1(c2ccc(Br)cc2)CNC1. The topological polar surface area (TPSA) is 29.9 Å². The van der Waals surface area contributed by atoms with Gasteiger partial charge in [0.05, 0.1) is 16.4 Å². The van der Waals surface area contributed by atoms with Crippen molar-refractivity contribution < 1.29 is 0 Å². The third-order valence-corrected chi connectivity index (χ3v) is 5.36. The highest BCUT2D eigenvalue weighted by atomic mass is 79.9. The van der Waals surface area contributed by atoms with Gasteiger partial charge in [-0.05, 0) is 31.5 Å². The molecule has 112 valence electrons. The molecule has 5 heteroatoms. The van der Waals surface area contributed by atoms with E-state index in [4.69, 9.17) is 11.6 Å². The molecular weight excluding hydrogens is 350 g/mol. The molecule has 21 heavy (non-hydrogen) atoms.